The number of hydrogen-bond donors (Lipinski definition) is 0. The van der Waals surface area contributed by atoms with Gasteiger partial charge in [-0.3, -0.25) is 4.79 Å². The van der Waals surface area contributed by atoms with Gasteiger partial charge in [-0.25, -0.2) is 4.98 Å². The summed E-state index contributed by atoms with van der Waals surface area (Å²) in [7, 11) is 0. The van der Waals surface area contributed by atoms with Crippen molar-refractivity contribution in [1.29, 1.82) is 0 Å². The van der Waals surface area contributed by atoms with Crippen LogP contribution in [0.1, 0.15) is 19.4 Å². The Morgan fingerprint density at radius 1 is 1.08 bits per heavy atom. The first kappa shape index (κ1) is 24.1. The van der Waals surface area contributed by atoms with Gasteiger partial charge in [-0.1, -0.05) is 41.9 Å². The minimum Gasteiger partial charge on any atom is -0.490 e. The van der Waals surface area contributed by atoms with Crippen LogP contribution < -0.4 is 15.0 Å². The zero-order valence-electron chi connectivity index (χ0n) is 19.5. The number of para-hydroxylation sites is 2. The van der Waals surface area contributed by atoms with Gasteiger partial charge in [-0.2, -0.15) is 9.78 Å². The molecule has 36 heavy (non-hydrogen) atoms. The maximum absolute atomic E-state index is 13.5. The van der Waals surface area contributed by atoms with Gasteiger partial charge in [0.2, 0.25) is 5.82 Å². The minimum absolute atomic E-state index is 0.282. The van der Waals surface area contributed by atoms with Gasteiger partial charge in [0.05, 0.1) is 30.3 Å². The van der Waals surface area contributed by atoms with Crippen LogP contribution in [0.2, 0.25) is 5.02 Å². The maximum Gasteiger partial charge on any atom is 0.282 e. The molecule has 0 radical (unpaired) electrons. The Morgan fingerprint density at radius 3 is 2.61 bits per heavy atom. The lowest BCUT2D eigenvalue weighted by Gasteiger charge is -2.15. The van der Waals surface area contributed by atoms with E-state index in [1.165, 1.54) is 10.9 Å². The van der Waals surface area contributed by atoms with E-state index in [2.05, 4.69) is 21.0 Å². The van der Waals surface area contributed by atoms with Gasteiger partial charge < -0.3 is 13.9 Å². The normalized spacial score (nSPS) is 11.6. The SMILES string of the molecule is CCOc1cc(C=Nn2c(-c3cc4ccccc4o3)nc3ccccc3c2=O)c(Br)c(Cl)c1OCC. The molecule has 3 aromatic carbocycles. The van der Waals surface area contributed by atoms with Crippen LogP contribution in [0.3, 0.4) is 0 Å². The number of rotatable bonds is 7. The van der Waals surface area contributed by atoms with Crippen LogP contribution in [0.15, 0.2) is 79.4 Å². The molecule has 0 aliphatic heterocycles. The highest BCUT2D eigenvalue weighted by Gasteiger charge is 2.19. The van der Waals surface area contributed by atoms with E-state index < -0.39 is 0 Å². The van der Waals surface area contributed by atoms with Crippen LogP contribution in [-0.4, -0.2) is 29.1 Å². The van der Waals surface area contributed by atoms with Crippen molar-refractivity contribution >= 4 is 55.6 Å². The molecule has 182 valence electrons. The lowest BCUT2D eigenvalue weighted by atomic mass is 10.2. The van der Waals surface area contributed by atoms with Gasteiger partial charge in [-0.05, 0) is 60.1 Å². The highest BCUT2D eigenvalue weighted by molar-refractivity contribution is 9.10. The number of aromatic nitrogens is 2. The number of ether oxygens (including phenoxy) is 2. The zero-order chi connectivity index (χ0) is 25.2. The van der Waals surface area contributed by atoms with Gasteiger partial charge in [0.25, 0.3) is 5.56 Å². The fraction of sp³-hybridized carbons (Fsp3) is 0.148. The molecule has 0 spiro atoms. The van der Waals surface area contributed by atoms with E-state index in [-0.39, 0.29) is 11.4 Å². The van der Waals surface area contributed by atoms with E-state index in [9.17, 15) is 4.79 Å². The first-order chi connectivity index (χ1) is 17.5. The predicted octanol–water partition coefficient (Wildman–Crippen LogP) is 6.91. The summed E-state index contributed by atoms with van der Waals surface area (Å²) in [6.45, 7) is 4.60. The Morgan fingerprint density at radius 2 is 1.83 bits per heavy atom. The Balaban J connectivity index is 1.70. The third-order valence-corrected chi connectivity index (χ3v) is 6.90. The topological polar surface area (TPSA) is 78.9 Å². The summed E-state index contributed by atoms with van der Waals surface area (Å²) in [5.74, 6) is 1.63. The smallest absolute Gasteiger partial charge is 0.282 e. The number of benzene rings is 3. The molecule has 5 aromatic rings. The van der Waals surface area contributed by atoms with E-state index in [1.807, 2.05) is 50.2 Å². The van der Waals surface area contributed by atoms with Gasteiger partial charge in [0, 0.05) is 15.4 Å². The van der Waals surface area contributed by atoms with Crippen molar-refractivity contribution in [3.63, 3.8) is 0 Å². The monoisotopic (exact) mass is 565 g/mol. The summed E-state index contributed by atoms with van der Waals surface area (Å²) in [6.07, 6.45) is 1.53. The van der Waals surface area contributed by atoms with Gasteiger partial charge in [0.1, 0.15) is 10.6 Å². The van der Waals surface area contributed by atoms with Crippen LogP contribution in [0.4, 0.5) is 0 Å². The lowest BCUT2D eigenvalue weighted by molar-refractivity contribution is 0.287. The minimum atomic E-state index is -0.328. The van der Waals surface area contributed by atoms with Crippen LogP contribution in [-0.2, 0) is 0 Å². The maximum atomic E-state index is 13.5. The number of fused-ring (bicyclic) bond motifs is 2. The van der Waals surface area contributed by atoms with E-state index in [0.717, 1.165) is 5.39 Å². The van der Waals surface area contributed by atoms with Crippen LogP contribution >= 0.6 is 27.5 Å². The van der Waals surface area contributed by atoms with Crippen LogP contribution in [0.25, 0.3) is 33.5 Å². The number of nitrogens with zero attached hydrogens (tertiary/aromatic N) is 3. The third-order valence-electron chi connectivity index (χ3n) is 5.46. The van der Waals surface area contributed by atoms with E-state index in [0.29, 0.717) is 62.0 Å². The molecule has 5 rings (SSSR count). The van der Waals surface area contributed by atoms with Crippen LogP contribution in [0, 0.1) is 0 Å². The Kier molecular flexibility index (Phi) is 6.80. The highest BCUT2D eigenvalue weighted by atomic mass is 79.9. The van der Waals surface area contributed by atoms with Crippen molar-refractivity contribution < 1.29 is 13.9 Å². The molecule has 0 bridgehead atoms. The summed E-state index contributed by atoms with van der Waals surface area (Å²) in [5.41, 5.74) is 1.51. The Hall–Kier alpha value is -3.62. The summed E-state index contributed by atoms with van der Waals surface area (Å²) in [6, 6.07) is 18.3. The molecule has 0 unspecified atom stereocenters. The van der Waals surface area contributed by atoms with Crippen LogP contribution in [0.5, 0.6) is 11.5 Å². The highest BCUT2D eigenvalue weighted by Crippen LogP contribution is 2.42. The predicted molar refractivity (Wildman–Crippen MR) is 146 cm³/mol. The molecule has 0 saturated heterocycles. The average Bonchev–Trinajstić information content (AvgIpc) is 3.33. The molecule has 2 aromatic heterocycles. The Labute approximate surface area is 220 Å². The zero-order valence-corrected chi connectivity index (χ0v) is 21.8. The van der Waals surface area contributed by atoms with Crippen molar-refractivity contribution in [2.75, 3.05) is 13.2 Å². The molecule has 0 aliphatic rings. The Bertz CT molecular complexity index is 1640. The lowest BCUT2D eigenvalue weighted by Crippen LogP contribution is -2.20. The largest absolute Gasteiger partial charge is 0.490 e. The third kappa shape index (κ3) is 4.38. The molecule has 0 saturated carbocycles. The van der Waals surface area contributed by atoms with Gasteiger partial charge in [-0.15, -0.1) is 0 Å². The molecule has 0 fully saturated rings. The molecular weight excluding hydrogens is 546 g/mol. The van der Waals surface area contributed by atoms with Crippen molar-refractivity contribution in [2.45, 2.75) is 13.8 Å². The molecule has 2 heterocycles. The summed E-state index contributed by atoms with van der Waals surface area (Å²) in [4.78, 5) is 18.2. The van der Waals surface area contributed by atoms with E-state index in [1.54, 1.807) is 24.3 Å². The van der Waals surface area contributed by atoms with Crippen molar-refractivity contribution in [3.8, 4) is 23.1 Å². The molecule has 0 N–H and O–H groups in total. The number of furan rings is 1. The first-order valence-electron chi connectivity index (χ1n) is 11.3. The molecular formula is C27H21BrClN3O4. The molecule has 7 nitrogen and oxygen atoms in total. The molecule has 0 aliphatic carbocycles. The summed E-state index contributed by atoms with van der Waals surface area (Å²) < 4.78 is 19.2. The average molecular weight is 567 g/mol. The molecule has 0 atom stereocenters. The second kappa shape index (κ2) is 10.2. The first-order valence-corrected chi connectivity index (χ1v) is 12.5. The summed E-state index contributed by atoms with van der Waals surface area (Å²) >= 11 is 10.1. The van der Waals surface area contributed by atoms with E-state index in [4.69, 9.17) is 30.5 Å². The molecule has 9 heteroatoms. The van der Waals surface area contributed by atoms with Crippen molar-refractivity contribution in [2.24, 2.45) is 5.10 Å². The van der Waals surface area contributed by atoms with Crippen molar-refractivity contribution in [1.82, 2.24) is 9.66 Å². The second-order valence-corrected chi connectivity index (χ2v) is 8.92. The fourth-order valence-electron chi connectivity index (χ4n) is 3.84. The van der Waals surface area contributed by atoms with Gasteiger partial charge in [0.15, 0.2) is 17.3 Å². The quantitative estimate of drug-likeness (QED) is 0.200. The number of halogens is 2. The van der Waals surface area contributed by atoms with E-state index >= 15 is 0 Å². The second-order valence-electron chi connectivity index (χ2n) is 7.75. The number of hydrogen-bond acceptors (Lipinski definition) is 6. The standard InChI is InChI=1S/C27H21BrClN3O4/c1-3-34-21-14-17(23(28)24(29)25(21)35-4-2)15-30-32-26(22-13-16-9-5-8-12-20(16)36-22)31-19-11-7-6-10-18(19)27(32)33/h5-15H,3-4H2,1-2H3. The van der Waals surface area contributed by atoms with Crippen molar-refractivity contribution in [3.05, 3.63) is 86.1 Å². The van der Waals surface area contributed by atoms with Gasteiger partial charge >= 0.3 is 0 Å². The summed E-state index contributed by atoms with van der Waals surface area (Å²) in [5, 5.41) is 6.21. The fourth-order valence-corrected chi connectivity index (χ4v) is 4.50. The molecule has 0 amide bonds.